The lowest BCUT2D eigenvalue weighted by Crippen LogP contribution is -2.24. The van der Waals surface area contributed by atoms with Gasteiger partial charge in [0, 0.05) is 18.7 Å². The van der Waals surface area contributed by atoms with Gasteiger partial charge in [0.2, 0.25) is 0 Å². The maximum absolute atomic E-state index is 5.34. The molecule has 3 rings (SSSR count). The summed E-state index contributed by atoms with van der Waals surface area (Å²) in [5, 5.41) is 12.1. The van der Waals surface area contributed by atoms with Gasteiger partial charge in [-0.1, -0.05) is 24.2 Å². The van der Waals surface area contributed by atoms with Crippen LogP contribution in [0.2, 0.25) is 0 Å². The van der Waals surface area contributed by atoms with Crippen molar-refractivity contribution in [3.63, 3.8) is 0 Å². The van der Waals surface area contributed by atoms with Crippen LogP contribution in [-0.4, -0.2) is 33.4 Å². The van der Waals surface area contributed by atoms with Gasteiger partial charge in [0.1, 0.15) is 0 Å². The minimum absolute atomic E-state index is 0.257. The highest BCUT2D eigenvalue weighted by Crippen LogP contribution is 2.27. The van der Waals surface area contributed by atoms with Crippen LogP contribution in [0.1, 0.15) is 38.2 Å². The van der Waals surface area contributed by atoms with Crippen LogP contribution in [0, 0.1) is 0 Å². The van der Waals surface area contributed by atoms with E-state index >= 15 is 0 Å². The van der Waals surface area contributed by atoms with Gasteiger partial charge in [0.25, 0.3) is 11.6 Å². The lowest BCUT2D eigenvalue weighted by Gasteiger charge is -2.04. The fourth-order valence-electron chi connectivity index (χ4n) is 2.21. The number of aromatic nitrogens is 4. The van der Waals surface area contributed by atoms with Gasteiger partial charge in [0.15, 0.2) is 5.82 Å². The third kappa shape index (κ3) is 2.71. The number of likely N-dealkylation sites (N-methyl/N-ethyl adjacent to an activating group) is 1. The first-order valence-corrected chi connectivity index (χ1v) is 7.34. The van der Waals surface area contributed by atoms with E-state index in [4.69, 9.17) is 9.05 Å². The van der Waals surface area contributed by atoms with Gasteiger partial charge in [-0.15, -0.1) is 0 Å². The highest BCUT2D eigenvalue weighted by molar-refractivity contribution is 5.80. The van der Waals surface area contributed by atoms with Crippen LogP contribution in [-0.2, 0) is 6.42 Å². The topological polar surface area (TPSA) is 89.9 Å². The summed E-state index contributed by atoms with van der Waals surface area (Å²) in [7, 11) is 1.91. The zero-order valence-electron chi connectivity index (χ0n) is 13.1. The average molecular weight is 301 g/mol. The number of fused-ring (bicyclic) bond motifs is 1. The van der Waals surface area contributed by atoms with E-state index in [9.17, 15) is 0 Å². The molecule has 7 heteroatoms. The second kappa shape index (κ2) is 5.84. The van der Waals surface area contributed by atoms with E-state index in [0.717, 1.165) is 16.6 Å². The Morgan fingerprint density at radius 2 is 2.00 bits per heavy atom. The maximum atomic E-state index is 5.34. The number of hydrogen-bond donors (Lipinski definition) is 1. The maximum Gasteiger partial charge on any atom is 0.259 e. The first-order valence-electron chi connectivity index (χ1n) is 7.34. The molecule has 0 fully saturated rings. The second-order valence-electron chi connectivity index (χ2n) is 5.71. The quantitative estimate of drug-likeness (QED) is 0.774. The fraction of sp³-hybridized carbons (Fsp3) is 0.467. The molecule has 116 valence electrons. The van der Waals surface area contributed by atoms with Gasteiger partial charge < -0.3 is 14.4 Å². The van der Waals surface area contributed by atoms with Gasteiger partial charge in [0.05, 0.1) is 16.6 Å². The van der Waals surface area contributed by atoms with Crippen LogP contribution in [0.15, 0.2) is 21.3 Å². The van der Waals surface area contributed by atoms with Crippen molar-refractivity contribution in [1.29, 1.82) is 0 Å². The monoisotopic (exact) mass is 301 g/mol. The van der Waals surface area contributed by atoms with Crippen molar-refractivity contribution < 1.29 is 9.05 Å². The Morgan fingerprint density at radius 3 is 2.73 bits per heavy atom. The number of nitrogens with zero attached hydrogens (tertiary/aromatic N) is 4. The largest absolute Gasteiger partial charge is 0.336 e. The average Bonchev–Trinajstić information content (AvgIpc) is 3.12. The molecule has 3 heterocycles. The minimum atomic E-state index is 0.257. The summed E-state index contributed by atoms with van der Waals surface area (Å²) in [6, 6.07) is 2.23. The Balaban J connectivity index is 1.94. The van der Waals surface area contributed by atoms with E-state index in [1.54, 1.807) is 6.20 Å². The molecule has 0 saturated heterocycles. The van der Waals surface area contributed by atoms with Gasteiger partial charge in [-0.2, -0.15) is 4.98 Å². The second-order valence-corrected chi connectivity index (χ2v) is 5.71. The molecule has 3 aromatic heterocycles. The van der Waals surface area contributed by atoms with Crippen molar-refractivity contribution in [1.82, 2.24) is 25.6 Å². The molecule has 0 aliphatic rings. The van der Waals surface area contributed by atoms with E-state index in [1.165, 1.54) is 0 Å². The molecule has 1 atom stereocenters. The molecular weight excluding hydrogens is 282 g/mol. The number of hydrogen-bond acceptors (Lipinski definition) is 7. The van der Waals surface area contributed by atoms with Crippen molar-refractivity contribution in [2.24, 2.45) is 0 Å². The Labute approximate surface area is 128 Å². The number of nitrogens with one attached hydrogen (secondary N) is 1. The Morgan fingerprint density at radius 1 is 1.18 bits per heavy atom. The molecule has 0 aliphatic carbocycles. The van der Waals surface area contributed by atoms with E-state index in [1.807, 2.05) is 13.1 Å². The molecule has 1 unspecified atom stereocenters. The van der Waals surface area contributed by atoms with Crippen molar-refractivity contribution in [2.75, 3.05) is 7.05 Å². The predicted molar refractivity (Wildman–Crippen MR) is 81.4 cm³/mol. The zero-order valence-corrected chi connectivity index (χ0v) is 13.1. The smallest absolute Gasteiger partial charge is 0.259 e. The molecule has 1 N–H and O–H groups in total. The zero-order chi connectivity index (χ0) is 15.7. The predicted octanol–water partition coefficient (Wildman–Crippen LogP) is 2.55. The summed E-state index contributed by atoms with van der Waals surface area (Å²) in [6.45, 7) is 6.19. The SMILES string of the molecule is CNC(C)Cc1noc(-c2cnc3onc(C(C)C)c3c2)n1. The molecule has 0 saturated carbocycles. The van der Waals surface area contributed by atoms with E-state index < -0.39 is 0 Å². The van der Waals surface area contributed by atoms with Crippen LogP contribution in [0.3, 0.4) is 0 Å². The molecule has 0 bridgehead atoms. The molecule has 7 nitrogen and oxygen atoms in total. The van der Waals surface area contributed by atoms with Crippen molar-refractivity contribution in [3.05, 3.63) is 23.8 Å². The number of pyridine rings is 1. The number of rotatable bonds is 5. The molecule has 0 spiro atoms. The third-order valence-corrected chi connectivity index (χ3v) is 3.60. The summed E-state index contributed by atoms with van der Waals surface area (Å²) in [5.41, 5.74) is 2.18. The minimum Gasteiger partial charge on any atom is -0.336 e. The van der Waals surface area contributed by atoms with Crippen molar-refractivity contribution >= 4 is 11.1 Å². The lowest BCUT2D eigenvalue weighted by molar-refractivity contribution is 0.418. The molecule has 0 radical (unpaired) electrons. The molecular formula is C15H19N5O2. The summed E-state index contributed by atoms with van der Waals surface area (Å²) >= 11 is 0. The van der Waals surface area contributed by atoms with Crippen LogP contribution >= 0.6 is 0 Å². The first kappa shape index (κ1) is 14.6. The Hall–Kier alpha value is -2.28. The van der Waals surface area contributed by atoms with Crippen LogP contribution < -0.4 is 5.32 Å². The Bertz CT molecular complexity index is 777. The first-order chi connectivity index (χ1) is 10.6. The van der Waals surface area contributed by atoms with Gasteiger partial charge in [-0.05, 0) is 26.0 Å². The van der Waals surface area contributed by atoms with E-state index in [0.29, 0.717) is 23.8 Å². The van der Waals surface area contributed by atoms with Gasteiger partial charge >= 0.3 is 0 Å². The normalized spacial score (nSPS) is 13.1. The molecule has 0 aliphatic heterocycles. The molecule has 0 aromatic carbocycles. The molecule has 22 heavy (non-hydrogen) atoms. The summed E-state index contributed by atoms with van der Waals surface area (Å²) in [4.78, 5) is 8.70. The van der Waals surface area contributed by atoms with Crippen molar-refractivity contribution in [3.8, 4) is 11.5 Å². The summed E-state index contributed by atoms with van der Waals surface area (Å²) < 4.78 is 10.6. The van der Waals surface area contributed by atoms with Gasteiger partial charge in [-0.3, -0.25) is 0 Å². The molecule has 3 aromatic rings. The van der Waals surface area contributed by atoms with Gasteiger partial charge in [-0.25, -0.2) is 4.98 Å². The highest BCUT2D eigenvalue weighted by Gasteiger charge is 2.16. The van der Waals surface area contributed by atoms with Crippen molar-refractivity contribution in [2.45, 2.75) is 39.2 Å². The van der Waals surface area contributed by atoms with Crippen LogP contribution in [0.25, 0.3) is 22.6 Å². The summed E-state index contributed by atoms with van der Waals surface area (Å²) in [6.07, 6.45) is 2.37. The van der Waals surface area contributed by atoms with E-state index in [-0.39, 0.29) is 12.0 Å². The fourth-order valence-corrected chi connectivity index (χ4v) is 2.21. The third-order valence-electron chi connectivity index (χ3n) is 3.60. The standard InChI is InChI=1S/C15H19N5O2/c1-8(2)13-11-6-10(7-17-15(11)22-20-13)14-18-12(19-21-14)5-9(3)16-4/h6-9,16H,5H2,1-4H3. The lowest BCUT2D eigenvalue weighted by atomic mass is 10.1. The van der Waals surface area contributed by atoms with Crippen LogP contribution in [0.5, 0.6) is 0 Å². The Kier molecular flexibility index (Phi) is 3.89. The highest BCUT2D eigenvalue weighted by atomic mass is 16.5. The molecule has 0 amide bonds. The summed E-state index contributed by atoms with van der Waals surface area (Å²) in [5.74, 6) is 1.39. The van der Waals surface area contributed by atoms with E-state index in [2.05, 4.69) is 46.4 Å². The van der Waals surface area contributed by atoms with Crippen LogP contribution in [0.4, 0.5) is 0 Å².